The van der Waals surface area contributed by atoms with Gasteiger partial charge in [0, 0.05) is 23.6 Å². The normalized spacial score (nSPS) is 11.0. The van der Waals surface area contributed by atoms with Crippen molar-refractivity contribution in [2.75, 3.05) is 5.32 Å². The Labute approximate surface area is 128 Å². The fourth-order valence-corrected chi connectivity index (χ4v) is 2.23. The zero-order valence-corrected chi connectivity index (χ0v) is 12.5. The largest absolute Gasteiger partial charge is 0.325 e. The van der Waals surface area contributed by atoms with E-state index in [1.54, 1.807) is 24.8 Å². The third-order valence-corrected chi connectivity index (χ3v) is 3.24. The van der Waals surface area contributed by atoms with Gasteiger partial charge in [0.1, 0.15) is 0 Å². The molecule has 0 aliphatic carbocycles. The second kappa shape index (κ2) is 5.93. The van der Waals surface area contributed by atoms with E-state index in [2.05, 4.69) is 25.5 Å². The van der Waals surface area contributed by atoms with Crippen LogP contribution in [0.3, 0.4) is 0 Å². The van der Waals surface area contributed by atoms with Gasteiger partial charge in [-0.05, 0) is 18.1 Å². The van der Waals surface area contributed by atoms with E-state index >= 15 is 0 Å². The van der Waals surface area contributed by atoms with E-state index in [0.717, 1.165) is 22.2 Å². The molecule has 0 fully saturated rings. The number of aromatic nitrogens is 4. The van der Waals surface area contributed by atoms with E-state index in [9.17, 15) is 4.79 Å². The van der Waals surface area contributed by atoms with Crippen LogP contribution in [0.25, 0.3) is 22.2 Å². The Morgan fingerprint density at radius 1 is 1.23 bits per heavy atom. The number of H-pyrrole nitrogens is 1. The number of amides is 1. The molecule has 6 nitrogen and oxygen atoms in total. The van der Waals surface area contributed by atoms with Gasteiger partial charge in [-0.2, -0.15) is 5.10 Å². The molecular formula is C16H17N5O. The Bertz CT molecular complexity index is 809. The lowest BCUT2D eigenvalue weighted by atomic mass is 10.1. The van der Waals surface area contributed by atoms with Crippen LogP contribution in [0.1, 0.15) is 20.3 Å². The molecule has 3 rings (SSSR count). The summed E-state index contributed by atoms with van der Waals surface area (Å²) in [5.74, 6) is 0.313. The minimum absolute atomic E-state index is 0.00723. The molecule has 1 amide bonds. The summed E-state index contributed by atoms with van der Waals surface area (Å²) in [5.41, 5.74) is 3.21. The lowest BCUT2D eigenvalue weighted by Crippen LogP contribution is -2.13. The minimum atomic E-state index is -0.00723. The quantitative estimate of drug-likeness (QED) is 0.775. The van der Waals surface area contributed by atoms with E-state index < -0.39 is 0 Å². The summed E-state index contributed by atoms with van der Waals surface area (Å²) in [6, 6.07) is 3.81. The number of fused-ring (bicyclic) bond motifs is 1. The van der Waals surface area contributed by atoms with E-state index in [4.69, 9.17) is 0 Å². The maximum atomic E-state index is 11.8. The average molecular weight is 295 g/mol. The van der Waals surface area contributed by atoms with Gasteiger partial charge < -0.3 is 5.32 Å². The number of nitrogens with zero attached hydrogens (tertiary/aromatic N) is 3. The first-order chi connectivity index (χ1) is 10.6. The summed E-state index contributed by atoms with van der Waals surface area (Å²) in [7, 11) is 0. The molecule has 0 radical (unpaired) electrons. The summed E-state index contributed by atoms with van der Waals surface area (Å²) in [5, 5.41) is 10.7. The second-order valence-corrected chi connectivity index (χ2v) is 5.64. The highest BCUT2D eigenvalue weighted by Gasteiger charge is 2.08. The third-order valence-electron chi connectivity index (χ3n) is 3.24. The number of nitrogens with one attached hydrogen (secondary N) is 2. The molecule has 0 bridgehead atoms. The molecule has 2 N–H and O–H groups in total. The molecule has 6 heteroatoms. The highest BCUT2D eigenvalue weighted by atomic mass is 16.1. The number of hydrogen-bond acceptors (Lipinski definition) is 4. The van der Waals surface area contributed by atoms with Crippen LogP contribution in [0.4, 0.5) is 5.69 Å². The summed E-state index contributed by atoms with van der Waals surface area (Å²) < 4.78 is 0. The zero-order valence-electron chi connectivity index (χ0n) is 12.5. The number of aromatic amines is 1. The lowest BCUT2D eigenvalue weighted by molar-refractivity contribution is -0.116. The fourth-order valence-electron chi connectivity index (χ4n) is 2.23. The molecule has 3 heterocycles. The number of rotatable bonds is 4. The molecule has 3 aromatic heterocycles. The second-order valence-electron chi connectivity index (χ2n) is 5.64. The van der Waals surface area contributed by atoms with Crippen LogP contribution in [-0.2, 0) is 4.79 Å². The van der Waals surface area contributed by atoms with Gasteiger partial charge in [0.15, 0.2) is 0 Å². The first-order valence-electron chi connectivity index (χ1n) is 7.16. The Morgan fingerprint density at radius 3 is 2.91 bits per heavy atom. The summed E-state index contributed by atoms with van der Waals surface area (Å²) >= 11 is 0. The number of hydrogen-bond donors (Lipinski definition) is 2. The molecule has 0 aromatic carbocycles. The maximum Gasteiger partial charge on any atom is 0.224 e. The predicted molar refractivity (Wildman–Crippen MR) is 85.2 cm³/mol. The van der Waals surface area contributed by atoms with Gasteiger partial charge in [0.25, 0.3) is 0 Å². The van der Waals surface area contributed by atoms with Crippen LogP contribution < -0.4 is 5.32 Å². The van der Waals surface area contributed by atoms with Crippen molar-refractivity contribution in [2.45, 2.75) is 20.3 Å². The van der Waals surface area contributed by atoms with Gasteiger partial charge >= 0.3 is 0 Å². The minimum Gasteiger partial charge on any atom is -0.325 e. The molecule has 22 heavy (non-hydrogen) atoms. The molecule has 0 unspecified atom stereocenters. The van der Waals surface area contributed by atoms with Crippen molar-refractivity contribution in [3.63, 3.8) is 0 Å². The first kappa shape index (κ1) is 14.2. The molecule has 0 atom stereocenters. The molecule has 3 aromatic rings. The fraction of sp³-hybridized carbons (Fsp3) is 0.250. The first-order valence-corrected chi connectivity index (χ1v) is 7.16. The van der Waals surface area contributed by atoms with Gasteiger partial charge in [-0.3, -0.25) is 19.9 Å². The molecule has 0 spiro atoms. The third kappa shape index (κ3) is 3.11. The van der Waals surface area contributed by atoms with Crippen LogP contribution in [0.15, 0.2) is 36.9 Å². The average Bonchev–Trinajstić information content (AvgIpc) is 2.93. The van der Waals surface area contributed by atoms with Crippen molar-refractivity contribution in [1.82, 2.24) is 20.2 Å². The van der Waals surface area contributed by atoms with E-state index in [-0.39, 0.29) is 5.91 Å². The monoisotopic (exact) mass is 295 g/mol. The number of pyridine rings is 2. The van der Waals surface area contributed by atoms with Crippen LogP contribution >= 0.6 is 0 Å². The molecule has 0 saturated heterocycles. The van der Waals surface area contributed by atoms with Gasteiger partial charge in [-0.15, -0.1) is 0 Å². The highest BCUT2D eigenvalue weighted by molar-refractivity contribution is 5.91. The SMILES string of the molecule is CC(C)CC(=O)Nc1cncc(-c2cc3cn[nH]c3cn2)c1. The van der Waals surface area contributed by atoms with E-state index in [1.807, 2.05) is 26.0 Å². The Balaban J connectivity index is 1.85. The molecule has 0 saturated carbocycles. The van der Waals surface area contributed by atoms with Crippen LogP contribution in [-0.4, -0.2) is 26.1 Å². The number of anilines is 1. The van der Waals surface area contributed by atoms with E-state index in [0.29, 0.717) is 18.0 Å². The van der Waals surface area contributed by atoms with E-state index in [1.165, 1.54) is 0 Å². The standard InChI is InChI=1S/C16H17N5O/c1-10(2)3-16(22)20-13-4-11(6-17-8-13)14-5-12-7-19-21-15(12)9-18-14/h4-10H,3H2,1-2H3,(H,19,21)(H,20,22). The molecular weight excluding hydrogens is 278 g/mol. The van der Waals surface area contributed by atoms with Crippen molar-refractivity contribution in [3.8, 4) is 11.3 Å². The van der Waals surface area contributed by atoms with Crippen LogP contribution in [0.2, 0.25) is 0 Å². The van der Waals surface area contributed by atoms with Crippen LogP contribution in [0, 0.1) is 5.92 Å². The summed E-state index contributed by atoms with van der Waals surface area (Å²) in [4.78, 5) is 20.4. The smallest absolute Gasteiger partial charge is 0.224 e. The van der Waals surface area contributed by atoms with Gasteiger partial charge in [0.05, 0.1) is 35.5 Å². The van der Waals surface area contributed by atoms with Crippen molar-refractivity contribution in [1.29, 1.82) is 0 Å². The summed E-state index contributed by atoms with van der Waals surface area (Å²) in [6.45, 7) is 4.02. The Hall–Kier alpha value is -2.76. The van der Waals surface area contributed by atoms with Crippen LogP contribution in [0.5, 0.6) is 0 Å². The molecule has 0 aliphatic heterocycles. The van der Waals surface area contributed by atoms with Crippen molar-refractivity contribution in [2.24, 2.45) is 5.92 Å². The number of carbonyl (C=O) groups is 1. The van der Waals surface area contributed by atoms with Gasteiger partial charge in [-0.25, -0.2) is 0 Å². The zero-order chi connectivity index (χ0) is 15.5. The van der Waals surface area contributed by atoms with Gasteiger partial charge in [0.2, 0.25) is 5.91 Å². The van der Waals surface area contributed by atoms with Crippen molar-refractivity contribution in [3.05, 3.63) is 36.9 Å². The van der Waals surface area contributed by atoms with Gasteiger partial charge in [-0.1, -0.05) is 13.8 Å². The Morgan fingerprint density at radius 2 is 2.09 bits per heavy atom. The molecule has 112 valence electrons. The van der Waals surface area contributed by atoms with Crippen molar-refractivity contribution >= 4 is 22.5 Å². The topological polar surface area (TPSA) is 83.6 Å². The maximum absolute atomic E-state index is 11.8. The number of carbonyl (C=O) groups excluding carboxylic acids is 1. The molecule has 0 aliphatic rings. The Kier molecular flexibility index (Phi) is 3.82. The highest BCUT2D eigenvalue weighted by Crippen LogP contribution is 2.22. The lowest BCUT2D eigenvalue weighted by Gasteiger charge is -2.08. The summed E-state index contributed by atoms with van der Waals surface area (Å²) in [6.07, 6.45) is 7.35. The predicted octanol–water partition coefficient (Wildman–Crippen LogP) is 3.00. The van der Waals surface area contributed by atoms with Crippen molar-refractivity contribution < 1.29 is 4.79 Å².